The molecule has 0 fully saturated rings. The zero-order valence-electron chi connectivity index (χ0n) is 11.1. The van der Waals surface area contributed by atoms with Crippen molar-refractivity contribution in [2.45, 2.75) is 6.18 Å². The number of methoxy groups -OCH3 is 1. The highest BCUT2D eigenvalue weighted by Gasteiger charge is 2.31. The Morgan fingerprint density at radius 1 is 1.38 bits per heavy atom. The number of aromatic nitrogens is 1. The molecule has 10 heteroatoms. The second kappa shape index (κ2) is 6.88. The minimum Gasteiger partial charge on any atom is -0.468 e. The maximum Gasteiger partial charge on any atom is 0.416 e. The van der Waals surface area contributed by atoms with E-state index in [1.807, 2.05) is 0 Å². The van der Waals surface area contributed by atoms with Crippen LogP contribution in [0.15, 0.2) is 18.3 Å². The fourth-order valence-electron chi connectivity index (χ4n) is 1.25. The lowest BCUT2D eigenvalue weighted by atomic mass is 10.2. The molecular formula is C11H12F3N3O4. The predicted molar refractivity (Wildman–Crippen MR) is 64.0 cm³/mol. The van der Waals surface area contributed by atoms with Gasteiger partial charge in [-0.2, -0.15) is 18.2 Å². The summed E-state index contributed by atoms with van der Waals surface area (Å²) in [4.78, 5) is 31.0. The third-order valence-electron chi connectivity index (χ3n) is 2.27. The SMILES string of the molecule is COC(=O)CN(OC)C(=O)Nc1cc(C(F)(F)F)ccn1. The number of carbonyl (C=O) groups is 2. The van der Waals surface area contributed by atoms with Crippen molar-refractivity contribution < 1.29 is 32.3 Å². The van der Waals surface area contributed by atoms with E-state index >= 15 is 0 Å². The van der Waals surface area contributed by atoms with E-state index in [1.54, 1.807) is 0 Å². The van der Waals surface area contributed by atoms with Crippen LogP contribution in [-0.2, 0) is 20.5 Å². The van der Waals surface area contributed by atoms with Crippen molar-refractivity contribution in [3.05, 3.63) is 23.9 Å². The van der Waals surface area contributed by atoms with Gasteiger partial charge in [-0.25, -0.2) is 9.78 Å². The molecule has 21 heavy (non-hydrogen) atoms. The van der Waals surface area contributed by atoms with Gasteiger partial charge in [0.05, 0.1) is 19.8 Å². The van der Waals surface area contributed by atoms with Gasteiger partial charge in [0, 0.05) is 6.20 Å². The standard InChI is InChI=1S/C11H12F3N3O4/c1-20-9(18)6-17(21-2)10(19)16-8-5-7(3-4-15-8)11(12,13)14/h3-5H,6H2,1-2H3,(H,15,16,19). The fraction of sp³-hybridized carbons (Fsp3) is 0.364. The number of halogens is 3. The molecule has 0 saturated heterocycles. The topological polar surface area (TPSA) is 80.8 Å². The first-order chi connectivity index (χ1) is 9.77. The molecule has 0 radical (unpaired) electrons. The Balaban J connectivity index is 2.80. The second-order valence-electron chi connectivity index (χ2n) is 3.65. The molecule has 1 rings (SSSR count). The van der Waals surface area contributed by atoms with Crippen LogP contribution >= 0.6 is 0 Å². The van der Waals surface area contributed by atoms with Crippen molar-refractivity contribution in [3.8, 4) is 0 Å². The third kappa shape index (κ3) is 4.91. The number of ether oxygens (including phenoxy) is 1. The van der Waals surface area contributed by atoms with Crippen molar-refractivity contribution >= 4 is 17.8 Å². The molecule has 0 atom stereocenters. The third-order valence-corrected chi connectivity index (χ3v) is 2.27. The molecule has 1 aromatic rings. The lowest BCUT2D eigenvalue weighted by Gasteiger charge is -2.18. The van der Waals surface area contributed by atoms with E-state index in [-0.39, 0.29) is 5.82 Å². The van der Waals surface area contributed by atoms with Gasteiger partial charge in [-0.15, -0.1) is 0 Å². The van der Waals surface area contributed by atoms with Gasteiger partial charge in [0.1, 0.15) is 12.4 Å². The smallest absolute Gasteiger partial charge is 0.416 e. The van der Waals surface area contributed by atoms with E-state index < -0.39 is 30.3 Å². The maximum absolute atomic E-state index is 12.5. The Morgan fingerprint density at radius 2 is 2.05 bits per heavy atom. The number of alkyl halides is 3. The Labute approximate surface area is 117 Å². The number of amides is 2. The number of nitrogens with zero attached hydrogens (tertiary/aromatic N) is 2. The highest BCUT2D eigenvalue weighted by atomic mass is 19.4. The first-order valence-electron chi connectivity index (χ1n) is 5.50. The lowest BCUT2D eigenvalue weighted by molar-refractivity contribution is -0.153. The fourth-order valence-corrected chi connectivity index (χ4v) is 1.25. The van der Waals surface area contributed by atoms with Gasteiger partial charge in [0.2, 0.25) is 0 Å². The lowest BCUT2D eigenvalue weighted by Crippen LogP contribution is -2.38. The number of pyridine rings is 1. The van der Waals surface area contributed by atoms with Crippen molar-refractivity contribution in [2.24, 2.45) is 0 Å². The summed E-state index contributed by atoms with van der Waals surface area (Å²) in [6, 6.07) is 0.456. The van der Waals surface area contributed by atoms with Gasteiger partial charge >= 0.3 is 18.2 Å². The molecule has 0 saturated carbocycles. The molecule has 7 nitrogen and oxygen atoms in total. The predicted octanol–water partition coefficient (Wildman–Crippen LogP) is 1.67. The first kappa shape index (κ1) is 16.7. The summed E-state index contributed by atoms with van der Waals surface area (Å²) in [6.45, 7) is -0.530. The van der Waals surface area contributed by atoms with E-state index in [4.69, 9.17) is 0 Å². The van der Waals surface area contributed by atoms with E-state index in [9.17, 15) is 22.8 Å². The summed E-state index contributed by atoms with van der Waals surface area (Å²) in [7, 11) is 2.23. The minimum absolute atomic E-state index is 0.332. The van der Waals surface area contributed by atoms with E-state index in [2.05, 4.69) is 19.9 Å². The van der Waals surface area contributed by atoms with Crippen molar-refractivity contribution in [3.63, 3.8) is 0 Å². The van der Waals surface area contributed by atoms with Gasteiger partial charge in [-0.3, -0.25) is 14.9 Å². The van der Waals surface area contributed by atoms with Crippen molar-refractivity contribution in [1.82, 2.24) is 10.0 Å². The number of hydroxylamine groups is 2. The summed E-state index contributed by atoms with van der Waals surface area (Å²) in [6.07, 6.45) is -3.66. The van der Waals surface area contributed by atoms with Gasteiger partial charge in [0.15, 0.2) is 0 Å². The molecule has 1 N–H and O–H groups in total. The highest BCUT2D eigenvalue weighted by Crippen LogP contribution is 2.29. The molecule has 0 bridgehead atoms. The molecule has 116 valence electrons. The van der Waals surface area contributed by atoms with Gasteiger partial charge in [0.25, 0.3) is 0 Å². The number of urea groups is 1. The molecule has 0 aliphatic rings. The van der Waals surface area contributed by atoms with Gasteiger partial charge < -0.3 is 4.74 Å². The summed E-state index contributed by atoms with van der Waals surface area (Å²) < 4.78 is 41.9. The molecule has 0 aliphatic heterocycles. The Bertz CT molecular complexity index is 522. The monoisotopic (exact) mass is 307 g/mol. The molecule has 1 aromatic heterocycles. The number of hydrogen-bond acceptors (Lipinski definition) is 5. The Morgan fingerprint density at radius 3 is 2.57 bits per heavy atom. The Kier molecular flexibility index (Phi) is 5.47. The maximum atomic E-state index is 12.5. The average Bonchev–Trinajstić information content (AvgIpc) is 2.43. The quantitative estimate of drug-likeness (QED) is 0.676. The minimum atomic E-state index is -4.56. The van der Waals surface area contributed by atoms with E-state index in [1.165, 1.54) is 0 Å². The van der Waals surface area contributed by atoms with Crippen LogP contribution in [0.2, 0.25) is 0 Å². The molecular weight excluding hydrogens is 295 g/mol. The number of hydrogen-bond donors (Lipinski definition) is 1. The normalized spacial score (nSPS) is 10.9. The summed E-state index contributed by atoms with van der Waals surface area (Å²) in [5.41, 5.74) is -0.968. The van der Waals surface area contributed by atoms with Gasteiger partial charge in [-0.05, 0) is 12.1 Å². The largest absolute Gasteiger partial charge is 0.468 e. The number of rotatable bonds is 4. The summed E-state index contributed by atoms with van der Waals surface area (Å²) in [5, 5.41) is 2.66. The van der Waals surface area contributed by atoms with E-state index in [0.29, 0.717) is 11.1 Å². The summed E-state index contributed by atoms with van der Waals surface area (Å²) >= 11 is 0. The second-order valence-corrected chi connectivity index (χ2v) is 3.65. The zero-order valence-corrected chi connectivity index (χ0v) is 11.1. The number of anilines is 1. The molecule has 0 unspecified atom stereocenters. The average molecular weight is 307 g/mol. The zero-order chi connectivity index (χ0) is 16.0. The van der Waals surface area contributed by atoms with Crippen LogP contribution in [0.25, 0.3) is 0 Å². The first-order valence-corrected chi connectivity index (χ1v) is 5.50. The van der Waals surface area contributed by atoms with Crippen molar-refractivity contribution in [1.29, 1.82) is 0 Å². The number of carbonyl (C=O) groups excluding carboxylic acids is 2. The molecule has 2 amide bonds. The molecule has 0 spiro atoms. The summed E-state index contributed by atoms with van der Waals surface area (Å²) in [5.74, 6) is -1.09. The highest BCUT2D eigenvalue weighted by molar-refractivity contribution is 5.89. The molecule has 1 heterocycles. The van der Waals surface area contributed by atoms with Crippen LogP contribution in [0.3, 0.4) is 0 Å². The number of nitrogens with one attached hydrogen (secondary N) is 1. The van der Waals surface area contributed by atoms with Crippen LogP contribution in [0.1, 0.15) is 5.56 Å². The van der Waals surface area contributed by atoms with Crippen LogP contribution in [0.4, 0.5) is 23.8 Å². The molecule has 0 aliphatic carbocycles. The number of esters is 1. The van der Waals surface area contributed by atoms with Crippen LogP contribution in [0, 0.1) is 0 Å². The van der Waals surface area contributed by atoms with Gasteiger partial charge in [-0.1, -0.05) is 0 Å². The van der Waals surface area contributed by atoms with Crippen LogP contribution in [-0.4, -0.2) is 42.8 Å². The molecule has 0 aromatic carbocycles. The Hall–Kier alpha value is -2.36. The van der Waals surface area contributed by atoms with E-state index in [0.717, 1.165) is 26.5 Å². The van der Waals surface area contributed by atoms with Crippen molar-refractivity contribution in [2.75, 3.05) is 26.1 Å². The van der Waals surface area contributed by atoms with Crippen LogP contribution in [0.5, 0.6) is 0 Å². The van der Waals surface area contributed by atoms with Crippen LogP contribution < -0.4 is 5.32 Å².